The number of rotatable bonds is 2. The quantitative estimate of drug-likeness (QED) is 0.653. The zero-order chi connectivity index (χ0) is 9.97. The molecule has 0 fully saturated rings. The fourth-order valence-corrected chi connectivity index (χ4v) is 2.23. The van der Waals surface area contributed by atoms with E-state index in [-0.39, 0.29) is 17.0 Å². The predicted molar refractivity (Wildman–Crippen MR) is 59.5 cm³/mol. The molecule has 0 N–H and O–H groups in total. The second kappa shape index (κ2) is 5.42. The lowest BCUT2D eigenvalue weighted by atomic mass is 10.2. The third kappa shape index (κ3) is 3.14. The van der Waals surface area contributed by atoms with Crippen molar-refractivity contribution in [2.45, 2.75) is 13.3 Å². The van der Waals surface area contributed by atoms with Crippen molar-refractivity contribution in [3.63, 3.8) is 0 Å². The number of thiophene rings is 1. The summed E-state index contributed by atoms with van der Waals surface area (Å²) in [7, 11) is 2.10. The minimum Gasteiger partial charge on any atom is -1.00 e. The molecule has 0 aliphatic rings. The van der Waals surface area contributed by atoms with Crippen molar-refractivity contribution in [1.29, 1.82) is 0 Å². The van der Waals surface area contributed by atoms with Crippen LogP contribution >= 0.6 is 11.3 Å². The predicted octanol–water partition coefficient (Wildman–Crippen LogP) is -0.524. The summed E-state index contributed by atoms with van der Waals surface area (Å²) in [6.07, 6.45) is 3.16. The lowest BCUT2D eigenvalue weighted by Gasteiger charge is -1.99. The monoisotopic (exact) mass is 283 g/mol. The maximum absolute atomic E-state index is 2.25. The van der Waals surface area contributed by atoms with E-state index in [4.69, 9.17) is 0 Å². The van der Waals surface area contributed by atoms with Gasteiger partial charge >= 0.3 is 0 Å². The van der Waals surface area contributed by atoms with Crippen molar-refractivity contribution in [2.75, 3.05) is 0 Å². The van der Waals surface area contributed by atoms with Crippen molar-refractivity contribution in [3.8, 4) is 0 Å². The SMILES string of the molecule is Cc1cc[n+](C)c(Cc2cccs2)c1.[Br-]. The lowest BCUT2D eigenvalue weighted by molar-refractivity contribution is -0.678. The summed E-state index contributed by atoms with van der Waals surface area (Å²) in [5.74, 6) is 0. The van der Waals surface area contributed by atoms with Crippen LogP contribution in [0, 0.1) is 6.92 Å². The normalized spacial score (nSPS) is 9.73. The Morgan fingerprint density at radius 1 is 1.33 bits per heavy atom. The fraction of sp³-hybridized carbons (Fsp3) is 0.250. The Labute approximate surface area is 105 Å². The van der Waals surface area contributed by atoms with Gasteiger partial charge < -0.3 is 17.0 Å². The summed E-state index contributed by atoms with van der Waals surface area (Å²) in [5.41, 5.74) is 2.70. The van der Waals surface area contributed by atoms with Crippen LogP contribution < -0.4 is 21.5 Å². The maximum Gasteiger partial charge on any atom is 0.186 e. The van der Waals surface area contributed by atoms with E-state index in [1.54, 1.807) is 0 Å². The molecule has 15 heavy (non-hydrogen) atoms. The van der Waals surface area contributed by atoms with E-state index in [1.165, 1.54) is 16.1 Å². The molecule has 2 aromatic rings. The molecule has 0 saturated carbocycles. The summed E-state index contributed by atoms with van der Waals surface area (Å²) in [6.45, 7) is 2.14. The van der Waals surface area contributed by atoms with Gasteiger partial charge in [-0.25, -0.2) is 4.57 Å². The van der Waals surface area contributed by atoms with E-state index in [2.05, 4.69) is 54.4 Å². The van der Waals surface area contributed by atoms with Crippen LogP contribution in [0.4, 0.5) is 0 Å². The Morgan fingerprint density at radius 3 is 2.80 bits per heavy atom. The van der Waals surface area contributed by atoms with Crippen molar-refractivity contribution < 1.29 is 21.5 Å². The Kier molecular flexibility index (Phi) is 4.48. The molecule has 0 amide bonds. The van der Waals surface area contributed by atoms with Gasteiger partial charge in [0.1, 0.15) is 7.05 Å². The highest BCUT2D eigenvalue weighted by atomic mass is 79.9. The largest absolute Gasteiger partial charge is 1.00 e. The second-order valence-electron chi connectivity index (χ2n) is 3.56. The minimum atomic E-state index is 0. The van der Waals surface area contributed by atoms with Crippen molar-refractivity contribution in [1.82, 2.24) is 0 Å². The highest BCUT2D eigenvalue weighted by Crippen LogP contribution is 2.12. The second-order valence-corrected chi connectivity index (χ2v) is 4.59. The van der Waals surface area contributed by atoms with Gasteiger partial charge in [0.15, 0.2) is 11.9 Å². The molecule has 80 valence electrons. The third-order valence-corrected chi connectivity index (χ3v) is 3.22. The Balaban J connectivity index is 0.00000112. The minimum absolute atomic E-state index is 0. The molecule has 1 nitrogen and oxygen atoms in total. The van der Waals surface area contributed by atoms with E-state index >= 15 is 0 Å². The van der Waals surface area contributed by atoms with E-state index in [0.717, 1.165) is 6.42 Å². The molecule has 0 aromatic carbocycles. The van der Waals surface area contributed by atoms with Gasteiger partial charge in [0, 0.05) is 17.0 Å². The van der Waals surface area contributed by atoms with Crippen LogP contribution in [0.15, 0.2) is 35.8 Å². The molecule has 2 rings (SSSR count). The molecule has 0 spiro atoms. The topological polar surface area (TPSA) is 3.88 Å². The average Bonchev–Trinajstić information content (AvgIpc) is 2.64. The van der Waals surface area contributed by atoms with Crippen LogP contribution in [0.5, 0.6) is 0 Å². The van der Waals surface area contributed by atoms with Crippen LogP contribution in [0.2, 0.25) is 0 Å². The van der Waals surface area contributed by atoms with Gasteiger partial charge in [0.2, 0.25) is 0 Å². The van der Waals surface area contributed by atoms with Crippen LogP contribution in [-0.4, -0.2) is 0 Å². The molecule has 0 radical (unpaired) electrons. The summed E-state index contributed by atoms with van der Waals surface area (Å²) in [5, 5.41) is 2.13. The van der Waals surface area contributed by atoms with Gasteiger partial charge in [0.25, 0.3) is 0 Å². The number of halogens is 1. The van der Waals surface area contributed by atoms with Crippen LogP contribution in [0.25, 0.3) is 0 Å². The fourth-order valence-electron chi connectivity index (χ4n) is 1.51. The number of aromatic nitrogens is 1. The smallest absolute Gasteiger partial charge is 0.186 e. The van der Waals surface area contributed by atoms with E-state index < -0.39 is 0 Å². The highest BCUT2D eigenvalue weighted by Gasteiger charge is 2.07. The van der Waals surface area contributed by atoms with Gasteiger partial charge in [0.05, 0.1) is 6.42 Å². The van der Waals surface area contributed by atoms with Gasteiger partial charge in [-0.05, 0) is 23.9 Å². The summed E-state index contributed by atoms with van der Waals surface area (Å²) in [6, 6.07) is 8.68. The maximum atomic E-state index is 2.25. The standard InChI is InChI=1S/C12H14NS.BrH/c1-10-5-6-13(2)11(8-10)9-12-4-3-7-14-12;/h3-8H,9H2,1-2H3;1H/q+1;/p-1. The van der Waals surface area contributed by atoms with Gasteiger partial charge in [-0.2, -0.15) is 0 Å². The zero-order valence-corrected chi connectivity index (χ0v) is 11.3. The highest BCUT2D eigenvalue weighted by molar-refractivity contribution is 7.09. The lowest BCUT2D eigenvalue weighted by Crippen LogP contribution is -3.00. The first kappa shape index (κ1) is 12.4. The first-order valence-electron chi connectivity index (χ1n) is 4.73. The molecule has 2 heterocycles. The molecule has 2 aromatic heterocycles. The molecule has 3 heteroatoms. The summed E-state index contributed by atoms with van der Waals surface area (Å²) >= 11 is 1.82. The van der Waals surface area contributed by atoms with Gasteiger partial charge in [-0.1, -0.05) is 6.07 Å². The van der Waals surface area contributed by atoms with Gasteiger partial charge in [-0.3, -0.25) is 0 Å². The number of aryl methyl sites for hydroxylation is 2. The molecule has 0 saturated heterocycles. The molecule has 0 bridgehead atoms. The average molecular weight is 284 g/mol. The van der Waals surface area contributed by atoms with Crippen LogP contribution in [0.1, 0.15) is 16.1 Å². The third-order valence-electron chi connectivity index (χ3n) is 2.34. The summed E-state index contributed by atoms with van der Waals surface area (Å²) < 4.78 is 2.19. The molecule has 0 aliphatic carbocycles. The van der Waals surface area contributed by atoms with E-state index in [9.17, 15) is 0 Å². The van der Waals surface area contributed by atoms with E-state index in [1.807, 2.05) is 11.3 Å². The molecular formula is C12H14BrNS. The first-order chi connectivity index (χ1) is 6.75. The Bertz CT molecular complexity index is 423. The number of hydrogen-bond acceptors (Lipinski definition) is 1. The van der Waals surface area contributed by atoms with Crippen molar-refractivity contribution in [2.24, 2.45) is 7.05 Å². The number of pyridine rings is 1. The zero-order valence-electron chi connectivity index (χ0n) is 8.90. The van der Waals surface area contributed by atoms with Crippen molar-refractivity contribution >= 4 is 11.3 Å². The molecule has 0 atom stereocenters. The number of hydrogen-bond donors (Lipinski definition) is 0. The van der Waals surface area contributed by atoms with Crippen LogP contribution in [-0.2, 0) is 13.5 Å². The van der Waals surface area contributed by atoms with Gasteiger partial charge in [-0.15, -0.1) is 11.3 Å². The number of nitrogens with zero attached hydrogens (tertiary/aromatic N) is 1. The molecule has 0 aliphatic heterocycles. The first-order valence-corrected chi connectivity index (χ1v) is 5.61. The summed E-state index contributed by atoms with van der Waals surface area (Å²) in [4.78, 5) is 1.42. The van der Waals surface area contributed by atoms with Crippen molar-refractivity contribution in [3.05, 3.63) is 52.0 Å². The Morgan fingerprint density at radius 2 is 2.13 bits per heavy atom. The Hall–Kier alpha value is -0.670. The molecule has 0 unspecified atom stereocenters. The molecular weight excluding hydrogens is 270 g/mol. The van der Waals surface area contributed by atoms with E-state index in [0.29, 0.717) is 0 Å². The van der Waals surface area contributed by atoms with Crippen LogP contribution in [0.3, 0.4) is 0 Å².